The summed E-state index contributed by atoms with van der Waals surface area (Å²) < 4.78 is 35.6. The SMILES string of the molecule is CCNN(NCC)C(=O)C(F)(F)F. The second-order valence-corrected chi connectivity index (χ2v) is 2.16. The number of hydrogen-bond acceptors (Lipinski definition) is 3. The van der Waals surface area contributed by atoms with Crippen LogP contribution in [0.5, 0.6) is 0 Å². The maximum absolute atomic E-state index is 11.9. The number of alkyl halides is 3. The van der Waals surface area contributed by atoms with Gasteiger partial charge < -0.3 is 0 Å². The van der Waals surface area contributed by atoms with Crippen molar-refractivity contribution in [3.05, 3.63) is 0 Å². The minimum Gasteiger partial charge on any atom is -0.261 e. The Morgan fingerprint density at radius 2 is 1.62 bits per heavy atom. The lowest BCUT2D eigenvalue weighted by Crippen LogP contribution is -2.56. The van der Waals surface area contributed by atoms with Crippen LogP contribution in [0.2, 0.25) is 0 Å². The van der Waals surface area contributed by atoms with E-state index in [1.807, 2.05) is 0 Å². The van der Waals surface area contributed by atoms with Gasteiger partial charge in [0.1, 0.15) is 0 Å². The second kappa shape index (κ2) is 5.03. The van der Waals surface area contributed by atoms with Gasteiger partial charge in [0.25, 0.3) is 0 Å². The quantitative estimate of drug-likeness (QED) is 0.645. The molecule has 0 aliphatic rings. The van der Waals surface area contributed by atoms with Crippen LogP contribution in [0.4, 0.5) is 13.2 Å². The molecule has 0 aromatic rings. The van der Waals surface area contributed by atoms with Gasteiger partial charge in [-0.3, -0.25) is 4.79 Å². The molecule has 0 saturated carbocycles. The molecule has 0 spiro atoms. The number of nitrogens with zero attached hydrogens (tertiary/aromatic N) is 1. The van der Waals surface area contributed by atoms with Gasteiger partial charge in [0.05, 0.1) is 0 Å². The summed E-state index contributed by atoms with van der Waals surface area (Å²) in [6, 6.07) is 0. The van der Waals surface area contributed by atoms with E-state index in [9.17, 15) is 18.0 Å². The minimum atomic E-state index is -4.86. The third kappa shape index (κ3) is 4.09. The molecule has 0 saturated heterocycles. The number of carbonyl (C=O) groups is 1. The summed E-state index contributed by atoms with van der Waals surface area (Å²) >= 11 is 0. The molecule has 0 radical (unpaired) electrons. The van der Waals surface area contributed by atoms with E-state index in [-0.39, 0.29) is 13.1 Å². The summed E-state index contributed by atoms with van der Waals surface area (Å²) in [7, 11) is 0. The van der Waals surface area contributed by atoms with Gasteiger partial charge in [-0.25, -0.2) is 10.9 Å². The average molecular weight is 199 g/mol. The summed E-state index contributed by atoms with van der Waals surface area (Å²) in [6.07, 6.45) is -4.86. The van der Waals surface area contributed by atoms with Gasteiger partial charge in [0.2, 0.25) is 0 Å². The molecule has 0 aliphatic carbocycles. The topological polar surface area (TPSA) is 44.4 Å². The number of amides is 1. The molecule has 0 aliphatic heterocycles. The first-order valence-corrected chi connectivity index (χ1v) is 3.81. The van der Waals surface area contributed by atoms with Crippen molar-refractivity contribution in [2.75, 3.05) is 13.1 Å². The van der Waals surface area contributed by atoms with Gasteiger partial charge in [-0.1, -0.05) is 13.8 Å². The van der Waals surface area contributed by atoms with Crippen LogP contribution >= 0.6 is 0 Å². The first-order valence-electron chi connectivity index (χ1n) is 3.81. The Bertz CT molecular complexity index is 165. The van der Waals surface area contributed by atoms with E-state index in [1.54, 1.807) is 13.8 Å². The highest BCUT2D eigenvalue weighted by Gasteiger charge is 2.42. The van der Waals surface area contributed by atoms with Crippen molar-refractivity contribution >= 4 is 5.91 Å². The molecule has 2 N–H and O–H groups in total. The highest BCUT2D eigenvalue weighted by atomic mass is 19.4. The standard InChI is InChI=1S/C6H12F3N3O/c1-3-10-12(11-4-2)5(13)6(7,8)9/h10-11H,3-4H2,1-2H3. The third-order valence-electron chi connectivity index (χ3n) is 1.08. The molecular weight excluding hydrogens is 187 g/mol. The van der Waals surface area contributed by atoms with E-state index in [4.69, 9.17) is 0 Å². The second-order valence-electron chi connectivity index (χ2n) is 2.16. The Hall–Kier alpha value is -0.820. The average Bonchev–Trinajstić information content (AvgIpc) is 2.01. The van der Waals surface area contributed by atoms with Crippen LogP contribution in [0.3, 0.4) is 0 Å². The van der Waals surface area contributed by atoms with Gasteiger partial charge in [-0.05, 0) is 0 Å². The van der Waals surface area contributed by atoms with E-state index in [2.05, 4.69) is 10.9 Å². The number of rotatable bonds is 4. The van der Waals surface area contributed by atoms with Gasteiger partial charge in [-0.2, -0.15) is 18.3 Å². The molecular formula is C6H12F3N3O. The number of nitrogens with one attached hydrogen (secondary N) is 2. The van der Waals surface area contributed by atoms with E-state index in [0.29, 0.717) is 5.12 Å². The fourth-order valence-electron chi connectivity index (χ4n) is 0.643. The van der Waals surface area contributed by atoms with Crippen LogP contribution in [-0.4, -0.2) is 30.3 Å². The number of carbonyl (C=O) groups excluding carboxylic acids is 1. The fourth-order valence-corrected chi connectivity index (χ4v) is 0.643. The molecule has 7 heteroatoms. The van der Waals surface area contributed by atoms with Crippen LogP contribution < -0.4 is 10.9 Å². The lowest BCUT2D eigenvalue weighted by Gasteiger charge is -2.23. The predicted molar refractivity (Wildman–Crippen MR) is 40.3 cm³/mol. The number of halogens is 3. The van der Waals surface area contributed by atoms with Crippen molar-refractivity contribution in [1.29, 1.82) is 0 Å². The molecule has 0 aromatic heterocycles. The lowest BCUT2D eigenvalue weighted by molar-refractivity contribution is -0.192. The molecule has 0 fully saturated rings. The molecule has 0 unspecified atom stereocenters. The smallest absolute Gasteiger partial charge is 0.261 e. The summed E-state index contributed by atoms with van der Waals surface area (Å²) in [6.45, 7) is 3.64. The normalized spacial score (nSPS) is 11.5. The molecule has 0 rings (SSSR count). The molecule has 13 heavy (non-hydrogen) atoms. The molecule has 0 heterocycles. The van der Waals surface area contributed by atoms with Crippen LogP contribution in [0.25, 0.3) is 0 Å². The Kier molecular flexibility index (Phi) is 4.71. The van der Waals surface area contributed by atoms with Crippen molar-refractivity contribution in [2.45, 2.75) is 20.0 Å². The van der Waals surface area contributed by atoms with E-state index in [1.165, 1.54) is 0 Å². The van der Waals surface area contributed by atoms with Crippen molar-refractivity contribution in [1.82, 2.24) is 16.0 Å². The Morgan fingerprint density at radius 1 is 1.23 bits per heavy atom. The zero-order chi connectivity index (χ0) is 10.5. The highest BCUT2D eigenvalue weighted by Crippen LogP contribution is 2.16. The van der Waals surface area contributed by atoms with Crippen LogP contribution in [0.1, 0.15) is 13.8 Å². The first kappa shape index (κ1) is 12.2. The zero-order valence-corrected chi connectivity index (χ0v) is 7.40. The van der Waals surface area contributed by atoms with Crippen molar-refractivity contribution < 1.29 is 18.0 Å². The van der Waals surface area contributed by atoms with E-state index in [0.717, 1.165) is 0 Å². The van der Waals surface area contributed by atoms with Gasteiger partial charge in [-0.15, -0.1) is 0 Å². The molecule has 0 atom stereocenters. The Morgan fingerprint density at radius 3 is 1.85 bits per heavy atom. The van der Waals surface area contributed by atoms with Crippen LogP contribution in [0, 0.1) is 0 Å². The molecule has 78 valence electrons. The van der Waals surface area contributed by atoms with Crippen LogP contribution in [-0.2, 0) is 4.79 Å². The van der Waals surface area contributed by atoms with Crippen molar-refractivity contribution in [3.8, 4) is 0 Å². The highest BCUT2D eigenvalue weighted by molar-refractivity contribution is 5.80. The minimum absolute atomic E-state index is 0.231. The Balaban J connectivity index is 4.27. The van der Waals surface area contributed by atoms with Gasteiger partial charge in [0.15, 0.2) is 0 Å². The predicted octanol–water partition coefficient (Wildman–Crippen LogP) is 0.426. The zero-order valence-electron chi connectivity index (χ0n) is 7.40. The van der Waals surface area contributed by atoms with Crippen molar-refractivity contribution in [2.24, 2.45) is 0 Å². The molecule has 0 aromatic carbocycles. The summed E-state index contributed by atoms with van der Waals surface area (Å²) in [5, 5.41) is 0.347. The van der Waals surface area contributed by atoms with Gasteiger partial charge in [0, 0.05) is 13.1 Å². The maximum Gasteiger partial charge on any atom is 0.474 e. The largest absolute Gasteiger partial charge is 0.474 e. The van der Waals surface area contributed by atoms with Crippen LogP contribution in [0.15, 0.2) is 0 Å². The van der Waals surface area contributed by atoms with Crippen molar-refractivity contribution in [3.63, 3.8) is 0 Å². The summed E-state index contributed by atoms with van der Waals surface area (Å²) in [4.78, 5) is 10.6. The lowest BCUT2D eigenvalue weighted by atomic mass is 10.6. The fraction of sp³-hybridized carbons (Fsp3) is 0.833. The monoisotopic (exact) mass is 199 g/mol. The molecule has 4 nitrogen and oxygen atoms in total. The number of hydrazine groups is 2. The third-order valence-corrected chi connectivity index (χ3v) is 1.08. The van der Waals surface area contributed by atoms with E-state index < -0.39 is 12.1 Å². The maximum atomic E-state index is 11.9. The van der Waals surface area contributed by atoms with Gasteiger partial charge >= 0.3 is 12.1 Å². The molecule has 1 amide bonds. The summed E-state index contributed by atoms with van der Waals surface area (Å²) in [5.41, 5.74) is 4.49. The summed E-state index contributed by atoms with van der Waals surface area (Å²) in [5.74, 6) is -1.95. The first-order chi connectivity index (χ1) is 5.93. The Labute approximate surface area is 74.0 Å². The number of hydrogen-bond donors (Lipinski definition) is 2. The van der Waals surface area contributed by atoms with E-state index >= 15 is 0 Å². The molecule has 0 bridgehead atoms.